The number of esters is 1. The van der Waals surface area contributed by atoms with E-state index in [9.17, 15) is 9.59 Å². The average Bonchev–Trinajstić information content (AvgIpc) is 2.85. The Morgan fingerprint density at radius 2 is 1.90 bits per heavy atom. The molecule has 21 heavy (non-hydrogen) atoms. The molecule has 1 heterocycles. The number of ether oxygens (including phenoxy) is 1. The van der Waals surface area contributed by atoms with Crippen molar-refractivity contribution in [1.82, 2.24) is 5.16 Å². The number of carbonyl (C=O) groups excluding carboxylic acids is 2. The molecular formula is C15H16N2O4. The van der Waals surface area contributed by atoms with Crippen molar-refractivity contribution in [3.63, 3.8) is 0 Å². The van der Waals surface area contributed by atoms with Crippen LogP contribution in [0.3, 0.4) is 0 Å². The van der Waals surface area contributed by atoms with Crippen molar-refractivity contribution < 1.29 is 18.8 Å². The minimum Gasteiger partial charge on any atom is -0.459 e. The first-order valence-electron chi connectivity index (χ1n) is 6.51. The molecule has 0 aliphatic carbocycles. The number of aryl methyl sites for hydroxylation is 1. The molecule has 0 radical (unpaired) electrons. The predicted octanol–water partition coefficient (Wildman–Crippen LogP) is 2.80. The number of hydrogen-bond donors (Lipinski definition) is 1. The van der Waals surface area contributed by atoms with E-state index in [0.29, 0.717) is 17.0 Å². The Hall–Kier alpha value is -2.63. The van der Waals surface area contributed by atoms with Gasteiger partial charge in [-0.3, -0.25) is 4.79 Å². The summed E-state index contributed by atoms with van der Waals surface area (Å²) in [5.74, 6) is -0.203. The van der Waals surface area contributed by atoms with Crippen LogP contribution >= 0.6 is 0 Å². The predicted molar refractivity (Wildman–Crippen MR) is 76.2 cm³/mol. The van der Waals surface area contributed by atoms with E-state index >= 15 is 0 Å². The molecule has 1 N–H and O–H groups in total. The number of nitrogens with zero attached hydrogens (tertiary/aromatic N) is 1. The molecule has 0 bridgehead atoms. The number of nitrogens with one attached hydrogen (secondary N) is 1. The summed E-state index contributed by atoms with van der Waals surface area (Å²) in [6, 6.07) is 7.98. The maximum atomic E-state index is 11.9. The fraction of sp³-hybridized carbons (Fsp3) is 0.267. The smallest absolute Gasteiger partial charge is 0.338 e. The van der Waals surface area contributed by atoms with E-state index in [-0.39, 0.29) is 17.7 Å². The Balaban J connectivity index is 2.02. The number of anilines is 1. The number of benzene rings is 1. The standard InChI is InChI=1S/C15H16N2O4/c1-9(2)20-15(19)11-4-6-12(7-5-11)16-14(18)13-8-10(3)21-17-13/h4-9H,1-3H3,(H,16,18). The van der Waals surface area contributed by atoms with Crippen LogP contribution in [0, 0.1) is 6.92 Å². The SMILES string of the molecule is Cc1cc(C(=O)Nc2ccc(C(=O)OC(C)C)cc2)no1. The highest BCUT2D eigenvalue weighted by molar-refractivity contribution is 6.03. The quantitative estimate of drug-likeness (QED) is 0.875. The molecule has 0 unspecified atom stereocenters. The van der Waals surface area contributed by atoms with E-state index < -0.39 is 5.97 Å². The summed E-state index contributed by atoms with van der Waals surface area (Å²) < 4.78 is 9.92. The van der Waals surface area contributed by atoms with Crippen molar-refractivity contribution in [1.29, 1.82) is 0 Å². The third-order valence-electron chi connectivity index (χ3n) is 2.58. The van der Waals surface area contributed by atoms with Gasteiger partial charge in [-0.25, -0.2) is 4.79 Å². The summed E-state index contributed by atoms with van der Waals surface area (Å²) in [4.78, 5) is 23.5. The lowest BCUT2D eigenvalue weighted by Gasteiger charge is -2.08. The minimum atomic E-state index is -0.394. The highest BCUT2D eigenvalue weighted by atomic mass is 16.5. The number of aromatic nitrogens is 1. The van der Waals surface area contributed by atoms with Crippen molar-refractivity contribution in [2.45, 2.75) is 26.9 Å². The molecule has 6 heteroatoms. The molecule has 6 nitrogen and oxygen atoms in total. The number of carbonyl (C=O) groups is 2. The summed E-state index contributed by atoms with van der Waals surface area (Å²) >= 11 is 0. The first kappa shape index (κ1) is 14.8. The summed E-state index contributed by atoms with van der Waals surface area (Å²) in [6.45, 7) is 5.28. The Morgan fingerprint density at radius 3 is 2.43 bits per heavy atom. The third-order valence-corrected chi connectivity index (χ3v) is 2.58. The molecule has 1 amide bonds. The van der Waals surface area contributed by atoms with Gasteiger partial charge in [-0.1, -0.05) is 5.16 Å². The molecule has 1 aromatic carbocycles. The van der Waals surface area contributed by atoms with Gasteiger partial charge in [0.25, 0.3) is 5.91 Å². The third kappa shape index (κ3) is 3.92. The molecule has 0 atom stereocenters. The zero-order chi connectivity index (χ0) is 15.4. The lowest BCUT2D eigenvalue weighted by atomic mass is 10.2. The van der Waals surface area contributed by atoms with Crippen LogP contribution in [0.1, 0.15) is 40.5 Å². The molecule has 0 aliphatic heterocycles. The highest BCUT2D eigenvalue weighted by Crippen LogP contribution is 2.13. The van der Waals surface area contributed by atoms with Crippen LogP contribution in [0.2, 0.25) is 0 Å². The van der Waals surface area contributed by atoms with Crippen molar-refractivity contribution in [3.05, 3.63) is 47.3 Å². The van der Waals surface area contributed by atoms with Crippen molar-refractivity contribution in [2.24, 2.45) is 0 Å². The second kappa shape index (κ2) is 6.21. The monoisotopic (exact) mass is 288 g/mol. The van der Waals surface area contributed by atoms with E-state index in [1.807, 2.05) is 0 Å². The second-order valence-electron chi connectivity index (χ2n) is 4.81. The van der Waals surface area contributed by atoms with E-state index in [0.717, 1.165) is 0 Å². The van der Waals surface area contributed by atoms with Crippen LogP contribution in [0.15, 0.2) is 34.9 Å². The van der Waals surface area contributed by atoms with Gasteiger partial charge in [0.2, 0.25) is 0 Å². The summed E-state index contributed by atoms with van der Waals surface area (Å²) in [6.07, 6.45) is -0.174. The van der Waals surface area contributed by atoms with Gasteiger partial charge < -0.3 is 14.6 Å². The lowest BCUT2D eigenvalue weighted by Crippen LogP contribution is -2.13. The van der Waals surface area contributed by atoms with Crippen molar-refractivity contribution in [2.75, 3.05) is 5.32 Å². The minimum absolute atomic E-state index is 0.174. The van der Waals surface area contributed by atoms with Crippen LogP contribution in [-0.4, -0.2) is 23.1 Å². The molecule has 1 aromatic heterocycles. The molecule has 0 fully saturated rings. The topological polar surface area (TPSA) is 81.4 Å². The Morgan fingerprint density at radius 1 is 1.24 bits per heavy atom. The molecule has 0 spiro atoms. The zero-order valence-electron chi connectivity index (χ0n) is 12.0. The summed E-state index contributed by atoms with van der Waals surface area (Å²) in [5, 5.41) is 6.29. The van der Waals surface area contributed by atoms with Crippen molar-refractivity contribution >= 4 is 17.6 Å². The van der Waals surface area contributed by atoms with Crippen LogP contribution in [0.4, 0.5) is 5.69 Å². The van der Waals surface area contributed by atoms with E-state index in [4.69, 9.17) is 9.26 Å². The first-order valence-corrected chi connectivity index (χ1v) is 6.51. The fourth-order valence-electron chi connectivity index (χ4n) is 1.64. The molecule has 2 rings (SSSR count). The zero-order valence-corrected chi connectivity index (χ0v) is 12.0. The Bertz CT molecular complexity index is 644. The molecule has 0 saturated heterocycles. The molecule has 110 valence electrons. The normalized spacial score (nSPS) is 10.5. The number of amides is 1. The van der Waals surface area contributed by atoms with E-state index in [1.165, 1.54) is 0 Å². The van der Waals surface area contributed by atoms with Crippen LogP contribution in [0.25, 0.3) is 0 Å². The van der Waals surface area contributed by atoms with Gasteiger partial charge in [-0.15, -0.1) is 0 Å². The van der Waals surface area contributed by atoms with Crippen LogP contribution < -0.4 is 5.32 Å². The Labute approximate surface area is 122 Å². The van der Waals surface area contributed by atoms with Gasteiger partial charge in [0.05, 0.1) is 11.7 Å². The molecule has 0 saturated carbocycles. The van der Waals surface area contributed by atoms with Gasteiger partial charge >= 0.3 is 5.97 Å². The largest absolute Gasteiger partial charge is 0.459 e. The van der Waals surface area contributed by atoms with E-state index in [1.54, 1.807) is 51.1 Å². The highest BCUT2D eigenvalue weighted by Gasteiger charge is 2.12. The van der Waals surface area contributed by atoms with Gasteiger partial charge in [0.1, 0.15) is 5.76 Å². The van der Waals surface area contributed by atoms with E-state index in [2.05, 4.69) is 10.5 Å². The first-order chi connectivity index (χ1) is 9.95. The van der Waals surface area contributed by atoms with Crippen LogP contribution in [0.5, 0.6) is 0 Å². The van der Waals surface area contributed by atoms with Gasteiger partial charge in [0, 0.05) is 11.8 Å². The van der Waals surface area contributed by atoms with Crippen molar-refractivity contribution in [3.8, 4) is 0 Å². The number of rotatable bonds is 4. The molecule has 0 aliphatic rings. The molecular weight excluding hydrogens is 272 g/mol. The van der Waals surface area contributed by atoms with Gasteiger partial charge in [0.15, 0.2) is 5.69 Å². The summed E-state index contributed by atoms with van der Waals surface area (Å²) in [7, 11) is 0. The van der Waals surface area contributed by atoms with Gasteiger partial charge in [-0.2, -0.15) is 0 Å². The fourth-order valence-corrected chi connectivity index (χ4v) is 1.64. The lowest BCUT2D eigenvalue weighted by molar-refractivity contribution is 0.0378. The number of hydrogen-bond acceptors (Lipinski definition) is 5. The second-order valence-corrected chi connectivity index (χ2v) is 4.81. The maximum absolute atomic E-state index is 11.9. The van der Waals surface area contributed by atoms with Gasteiger partial charge in [-0.05, 0) is 45.0 Å². The summed E-state index contributed by atoms with van der Waals surface area (Å²) in [5.41, 5.74) is 1.19. The Kier molecular flexibility index (Phi) is 4.37. The maximum Gasteiger partial charge on any atom is 0.338 e. The molecule has 2 aromatic rings. The average molecular weight is 288 g/mol. The van der Waals surface area contributed by atoms with Crippen LogP contribution in [-0.2, 0) is 4.74 Å².